The third-order valence-electron chi connectivity index (χ3n) is 4.84. The largest absolute Gasteiger partial charge is 0.374 e. The van der Waals surface area contributed by atoms with Crippen LogP contribution in [0.3, 0.4) is 0 Å². The van der Waals surface area contributed by atoms with Crippen molar-refractivity contribution in [2.45, 2.75) is 37.5 Å². The van der Waals surface area contributed by atoms with Crippen LogP contribution in [0.2, 0.25) is 0 Å². The molecule has 0 amide bonds. The van der Waals surface area contributed by atoms with E-state index in [1.807, 2.05) is 0 Å². The van der Waals surface area contributed by atoms with Gasteiger partial charge in [-0.1, -0.05) is 29.7 Å². The van der Waals surface area contributed by atoms with Gasteiger partial charge in [0.2, 0.25) is 0 Å². The maximum atomic E-state index is 5.94. The average molecular weight is 237 g/mol. The van der Waals surface area contributed by atoms with E-state index in [0.29, 0.717) is 5.41 Å². The summed E-state index contributed by atoms with van der Waals surface area (Å²) in [6.45, 7) is 5.29. The molecule has 0 unspecified atom stereocenters. The van der Waals surface area contributed by atoms with Gasteiger partial charge in [-0.15, -0.1) is 0 Å². The molecule has 1 heterocycles. The molecule has 1 aromatic carbocycles. The van der Waals surface area contributed by atoms with E-state index >= 15 is 0 Å². The third kappa shape index (κ3) is 1.79. The highest BCUT2D eigenvalue weighted by atomic mass is 15.1. The predicted octanol–water partition coefficient (Wildman–Crippen LogP) is 2.69. The molecule has 18 heavy (non-hydrogen) atoms. The lowest BCUT2D eigenvalue weighted by Gasteiger charge is -2.46. The summed E-state index contributed by atoms with van der Waals surface area (Å²) in [5.41, 5.74) is 5.54. The summed E-state index contributed by atoms with van der Waals surface area (Å²) in [6.07, 6.45) is 6.17. The van der Waals surface area contributed by atoms with Crippen molar-refractivity contribution in [1.82, 2.24) is 0 Å². The molecule has 1 saturated carbocycles. The molecule has 1 spiro atoms. The van der Waals surface area contributed by atoms with Gasteiger partial charge in [0.1, 0.15) is 7.85 Å². The molecule has 2 radical (unpaired) electrons. The zero-order valence-corrected chi connectivity index (χ0v) is 11.2. The monoisotopic (exact) mass is 237 g/mol. The lowest BCUT2D eigenvalue weighted by atomic mass is 9.64. The molecule has 1 aromatic rings. The first-order valence-electron chi connectivity index (χ1n) is 6.89. The molecule has 1 aliphatic carbocycles. The fourth-order valence-corrected chi connectivity index (χ4v) is 3.55. The number of benzene rings is 1. The van der Waals surface area contributed by atoms with Crippen molar-refractivity contribution in [3.8, 4) is 0 Å². The second-order valence-electron chi connectivity index (χ2n) is 5.98. The van der Waals surface area contributed by atoms with Gasteiger partial charge in [-0.2, -0.15) is 0 Å². The molecule has 2 aliphatic rings. The highest BCUT2D eigenvalue weighted by Crippen LogP contribution is 2.48. The number of fused-ring (bicyclic) bond motifs is 2. The van der Waals surface area contributed by atoms with Crippen LogP contribution in [-0.4, -0.2) is 21.4 Å². The summed E-state index contributed by atoms with van der Waals surface area (Å²) < 4.78 is 0. The summed E-state index contributed by atoms with van der Waals surface area (Å²) in [4.78, 5) is 2.35. The Morgan fingerprint density at radius 1 is 1.22 bits per heavy atom. The van der Waals surface area contributed by atoms with Gasteiger partial charge in [-0.05, 0) is 49.1 Å². The summed E-state index contributed by atoms with van der Waals surface area (Å²) >= 11 is 0. The van der Waals surface area contributed by atoms with Crippen LogP contribution < -0.4 is 10.4 Å². The van der Waals surface area contributed by atoms with Crippen LogP contribution in [0.4, 0.5) is 5.69 Å². The molecule has 0 bridgehead atoms. The van der Waals surface area contributed by atoms with Crippen molar-refractivity contribution < 1.29 is 0 Å². The van der Waals surface area contributed by atoms with Crippen molar-refractivity contribution in [2.24, 2.45) is 0 Å². The van der Waals surface area contributed by atoms with Crippen LogP contribution >= 0.6 is 0 Å². The first-order valence-corrected chi connectivity index (χ1v) is 6.89. The van der Waals surface area contributed by atoms with Gasteiger partial charge in [0.05, 0.1) is 0 Å². The normalized spacial score (nSPS) is 22.1. The lowest BCUT2D eigenvalue weighted by molar-refractivity contribution is 0.302. The minimum Gasteiger partial charge on any atom is -0.374 e. The molecule has 1 aliphatic heterocycles. The second-order valence-corrected chi connectivity index (χ2v) is 5.98. The predicted molar refractivity (Wildman–Crippen MR) is 79.0 cm³/mol. The van der Waals surface area contributed by atoms with Crippen LogP contribution in [0, 0.1) is 0 Å². The number of hydrogen-bond acceptors (Lipinski definition) is 1. The van der Waals surface area contributed by atoms with E-state index in [4.69, 9.17) is 7.85 Å². The summed E-state index contributed by atoms with van der Waals surface area (Å²) in [5, 5.41) is 0. The second kappa shape index (κ2) is 4.19. The molecule has 3 rings (SSSR count). The van der Waals surface area contributed by atoms with Crippen LogP contribution in [0.5, 0.6) is 0 Å². The smallest absolute Gasteiger partial charge is 0.113 e. The Morgan fingerprint density at radius 3 is 2.67 bits per heavy atom. The number of nitrogens with zero attached hydrogens (tertiary/aromatic N) is 1. The molecule has 1 fully saturated rings. The van der Waals surface area contributed by atoms with Gasteiger partial charge in [0.15, 0.2) is 0 Å². The van der Waals surface area contributed by atoms with Crippen LogP contribution in [-0.2, 0) is 5.41 Å². The van der Waals surface area contributed by atoms with Crippen molar-refractivity contribution in [2.75, 3.05) is 18.5 Å². The van der Waals surface area contributed by atoms with Crippen LogP contribution in [0.25, 0.3) is 0 Å². The van der Waals surface area contributed by atoms with Crippen LogP contribution in [0.15, 0.2) is 30.4 Å². The molecule has 0 aromatic heterocycles. The SMILES string of the molecule is [B]c1ccc2c(c1)N(C)CCC21CCC(=C)CC1. The minimum atomic E-state index is 0.386. The van der Waals surface area contributed by atoms with E-state index in [0.717, 1.165) is 12.0 Å². The first kappa shape index (κ1) is 11.9. The van der Waals surface area contributed by atoms with Crippen molar-refractivity contribution in [3.05, 3.63) is 35.9 Å². The number of hydrogen-bond donors (Lipinski definition) is 0. The molecule has 0 saturated heterocycles. The Balaban J connectivity index is 2.05. The zero-order valence-electron chi connectivity index (χ0n) is 11.2. The Bertz CT molecular complexity index is 482. The van der Waals surface area contributed by atoms with Gasteiger partial charge in [-0.25, -0.2) is 0 Å². The topological polar surface area (TPSA) is 3.24 Å². The van der Waals surface area contributed by atoms with E-state index in [-0.39, 0.29) is 0 Å². The maximum Gasteiger partial charge on any atom is 0.113 e. The molecule has 1 nitrogen and oxygen atoms in total. The van der Waals surface area contributed by atoms with Gasteiger partial charge < -0.3 is 4.90 Å². The fraction of sp³-hybridized carbons (Fsp3) is 0.500. The quantitative estimate of drug-likeness (QED) is 0.495. The van der Waals surface area contributed by atoms with Crippen molar-refractivity contribution in [1.29, 1.82) is 0 Å². The van der Waals surface area contributed by atoms with E-state index < -0.39 is 0 Å². The van der Waals surface area contributed by atoms with Gasteiger partial charge in [0.25, 0.3) is 0 Å². The first-order chi connectivity index (χ1) is 8.61. The molecule has 0 atom stereocenters. The molecular formula is C16H20BN. The van der Waals surface area contributed by atoms with E-state index in [1.165, 1.54) is 48.9 Å². The van der Waals surface area contributed by atoms with Gasteiger partial charge in [0, 0.05) is 19.3 Å². The summed E-state index contributed by atoms with van der Waals surface area (Å²) in [7, 11) is 8.12. The Morgan fingerprint density at radius 2 is 1.94 bits per heavy atom. The Hall–Kier alpha value is -1.18. The number of allylic oxidation sites excluding steroid dienone is 1. The van der Waals surface area contributed by atoms with Crippen molar-refractivity contribution in [3.63, 3.8) is 0 Å². The molecule has 0 N–H and O–H groups in total. The lowest BCUT2D eigenvalue weighted by Crippen LogP contribution is -2.40. The molecule has 92 valence electrons. The van der Waals surface area contributed by atoms with Crippen LogP contribution in [0.1, 0.15) is 37.7 Å². The van der Waals surface area contributed by atoms with E-state index in [1.54, 1.807) is 0 Å². The zero-order chi connectivity index (χ0) is 12.8. The molecule has 2 heteroatoms. The summed E-state index contributed by atoms with van der Waals surface area (Å²) in [5.74, 6) is 0. The maximum absolute atomic E-state index is 5.94. The Kier molecular flexibility index (Phi) is 2.76. The molecular weight excluding hydrogens is 217 g/mol. The minimum absolute atomic E-state index is 0.386. The summed E-state index contributed by atoms with van der Waals surface area (Å²) in [6, 6.07) is 6.46. The number of rotatable bonds is 0. The van der Waals surface area contributed by atoms with Gasteiger partial charge >= 0.3 is 0 Å². The highest BCUT2D eigenvalue weighted by molar-refractivity contribution is 6.32. The van der Waals surface area contributed by atoms with E-state index in [2.05, 4.69) is 36.7 Å². The Labute approximate surface area is 111 Å². The van der Waals surface area contributed by atoms with Gasteiger partial charge in [-0.3, -0.25) is 0 Å². The standard InChI is InChI=1S/C16H20BN/c1-12-5-7-16(8-6-12)9-10-18(2)15-11-13(17)3-4-14(15)16/h3-4,11H,1,5-10H2,2H3. The fourth-order valence-electron chi connectivity index (χ4n) is 3.55. The third-order valence-corrected chi connectivity index (χ3v) is 4.84. The highest BCUT2D eigenvalue weighted by Gasteiger charge is 2.39. The number of anilines is 1. The van der Waals surface area contributed by atoms with Crippen molar-refractivity contribution >= 4 is 19.0 Å². The average Bonchev–Trinajstić information content (AvgIpc) is 2.37. The van der Waals surface area contributed by atoms with E-state index in [9.17, 15) is 0 Å².